The molecule has 0 bridgehead atoms. The van der Waals surface area contributed by atoms with Gasteiger partial charge in [-0.2, -0.15) is 12.6 Å². The van der Waals surface area contributed by atoms with E-state index in [9.17, 15) is 24.6 Å². The van der Waals surface area contributed by atoms with E-state index in [0.29, 0.717) is 0 Å². The summed E-state index contributed by atoms with van der Waals surface area (Å²) in [5.74, 6) is -4.77. The third kappa shape index (κ3) is 4.76. The molecule has 0 fully saturated rings. The molecule has 0 heterocycles. The van der Waals surface area contributed by atoms with Crippen molar-refractivity contribution in [2.45, 2.75) is 11.4 Å². The van der Waals surface area contributed by atoms with E-state index in [-0.39, 0.29) is 17.0 Å². The molecular formula is C13H17N3O6S. The van der Waals surface area contributed by atoms with Crippen LogP contribution in [0.4, 0.5) is 5.69 Å². The molecule has 10 heteroatoms. The van der Waals surface area contributed by atoms with Crippen LogP contribution in [0.3, 0.4) is 0 Å². The lowest BCUT2D eigenvalue weighted by molar-refractivity contribution is -0.132. The van der Waals surface area contributed by atoms with Crippen LogP contribution < -0.4 is 17.2 Å². The zero-order valence-corrected chi connectivity index (χ0v) is 12.8. The van der Waals surface area contributed by atoms with Crippen LogP contribution in [-0.4, -0.2) is 46.0 Å². The number of nitrogens with two attached hydrogens (primary N) is 3. The van der Waals surface area contributed by atoms with Gasteiger partial charge in [-0.15, -0.1) is 0 Å². The monoisotopic (exact) mass is 343 g/mol. The second kappa shape index (κ2) is 7.70. The molecule has 126 valence electrons. The fourth-order valence-electron chi connectivity index (χ4n) is 1.71. The van der Waals surface area contributed by atoms with Gasteiger partial charge in [-0.1, -0.05) is 0 Å². The highest BCUT2D eigenvalue weighted by Crippen LogP contribution is 2.21. The average Bonchev–Trinajstić information content (AvgIpc) is 2.46. The van der Waals surface area contributed by atoms with Crippen molar-refractivity contribution in [2.75, 3.05) is 12.3 Å². The molecule has 0 aliphatic rings. The SMILES string of the molecule is NC(=O)C(C(N)=O)C(S)C(O)COC(=O)c1ccc(N)c(O)c1. The summed E-state index contributed by atoms with van der Waals surface area (Å²) < 4.78 is 4.82. The number of primary amides is 2. The van der Waals surface area contributed by atoms with Gasteiger partial charge in [0.15, 0.2) is 0 Å². The molecule has 0 aliphatic carbocycles. The largest absolute Gasteiger partial charge is 0.506 e. The smallest absolute Gasteiger partial charge is 0.338 e. The highest BCUT2D eigenvalue weighted by atomic mass is 32.1. The average molecular weight is 343 g/mol. The molecule has 8 N–H and O–H groups in total. The molecule has 2 amide bonds. The summed E-state index contributed by atoms with van der Waals surface area (Å²) in [5.41, 5.74) is 15.5. The number of aliphatic hydroxyl groups is 1. The van der Waals surface area contributed by atoms with Crippen molar-refractivity contribution in [3.05, 3.63) is 23.8 Å². The minimum absolute atomic E-state index is 0.000895. The Bertz CT molecular complexity index is 610. The highest BCUT2D eigenvalue weighted by molar-refractivity contribution is 7.81. The van der Waals surface area contributed by atoms with Crippen LogP contribution in [0.2, 0.25) is 0 Å². The predicted molar refractivity (Wildman–Crippen MR) is 83.5 cm³/mol. The van der Waals surface area contributed by atoms with Crippen LogP contribution in [0.5, 0.6) is 5.75 Å². The first kappa shape index (κ1) is 18.6. The molecule has 0 aliphatic heterocycles. The molecule has 9 nitrogen and oxygen atoms in total. The number of thiol groups is 1. The standard InChI is InChI=1S/C13H17N3O6S/c14-6-2-1-5(3-7(6)17)13(21)22-4-8(18)10(23)9(11(15)19)12(16)20/h1-3,8-10,17-18,23H,4,14H2,(H2,15,19)(H2,16,20). The van der Waals surface area contributed by atoms with Crippen LogP contribution in [0.1, 0.15) is 10.4 Å². The van der Waals surface area contributed by atoms with Crippen molar-refractivity contribution in [1.82, 2.24) is 0 Å². The summed E-state index contributed by atoms with van der Waals surface area (Å²) in [5, 5.41) is 18.0. The maximum Gasteiger partial charge on any atom is 0.338 e. The van der Waals surface area contributed by atoms with Crippen LogP contribution in [0, 0.1) is 5.92 Å². The number of carbonyl (C=O) groups is 3. The molecule has 0 saturated carbocycles. The Morgan fingerprint density at radius 1 is 1.22 bits per heavy atom. The van der Waals surface area contributed by atoms with Crippen molar-refractivity contribution in [3.8, 4) is 5.75 Å². The fraction of sp³-hybridized carbons (Fsp3) is 0.308. The lowest BCUT2D eigenvalue weighted by Crippen LogP contribution is -2.46. The Kier molecular flexibility index (Phi) is 6.22. The molecule has 1 aromatic rings. The number of ether oxygens (including phenoxy) is 1. The number of phenolic OH excluding ortho intramolecular Hbond substituents is 1. The molecule has 1 rings (SSSR count). The number of hydrogen-bond acceptors (Lipinski definition) is 8. The number of anilines is 1. The number of benzene rings is 1. The summed E-state index contributed by atoms with van der Waals surface area (Å²) in [6.45, 7) is -0.560. The van der Waals surface area contributed by atoms with Gasteiger partial charge in [-0.05, 0) is 18.2 Å². The summed E-state index contributed by atoms with van der Waals surface area (Å²) in [6, 6.07) is 3.72. The maximum absolute atomic E-state index is 11.8. The van der Waals surface area contributed by atoms with Crippen LogP contribution in [0.15, 0.2) is 18.2 Å². The Morgan fingerprint density at radius 2 is 1.78 bits per heavy atom. The Hall–Kier alpha value is -2.46. The zero-order chi connectivity index (χ0) is 17.7. The van der Waals surface area contributed by atoms with Gasteiger partial charge in [0.1, 0.15) is 24.4 Å². The lowest BCUT2D eigenvalue weighted by Gasteiger charge is -2.22. The Balaban J connectivity index is 2.69. The van der Waals surface area contributed by atoms with Crippen LogP contribution in [0.25, 0.3) is 0 Å². The molecule has 2 atom stereocenters. The van der Waals surface area contributed by atoms with Gasteiger partial charge in [0.25, 0.3) is 0 Å². The van der Waals surface area contributed by atoms with Gasteiger partial charge in [-0.25, -0.2) is 4.79 Å². The number of nitrogen functional groups attached to an aromatic ring is 1. The molecule has 0 aromatic heterocycles. The molecule has 1 aromatic carbocycles. The van der Waals surface area contributed by atoms with Gasteiger partial charge in [0, 0.05) is 0 Å². The minimum Gasteiger partial charge on any atom is -0.506 e. The van der Waals surface area contributed by atoms with E-state index in [1.54, 1.807) is 0 Å². The molecular weight excluding hydrogens is 326 g/mol. The van der Waals surface area contributed by atoms with Gasteiger partial charge >= 0.3 is 5.97 Å². The third-order valence-electron chi connectivity index (χ3n) is 3.00. The van der Waals surface area contributed by atoms with E-state index in [1.807, 2.05) is 0 Å². The number of hydrogen-bond donors (Lipinski definition) is 6. The second-order valence-corrected chi connectivity index (χ2v) is 5.31. The lowest BCUT2D eigenvalue weighted by atomic mass is 9.99. The zero-order valence-electron chi connectivity index (χ0n) is 11.9. The molecule has 0 radical (unpaired) electrons. The van der Waals surface area contributed by atoms with Crippen molar-refractivity contribution in [1.29, 1.82) is 0 Å². The van der Waals surface area contributed by atoms with E-state index in [2.05, 4.69) is 12.6 Å². The normalized spacial score (nSPS) is 13.3. The van der Waals surface area contributed by atoms with E-state index in [4.69, 9.17) is 21.9 Å². The number of phenols is 1. The minimum atomic E-state index is -1.52. The van der Waals surface area contributed by atoms with Crippen molar-refractivity contribution in [3.63, 3.8) is 0 Å². The highest BCUT2D eigenvalue weighted by Gasteiger charge is 2.34. The summed E-state index contributed by atoms with van der Waals surface area (Å²) in [6.07, 6.45) is -1.46. The topological polar surface area (TPSA) is 179 Å². The van der Waals surface area contributed by atoms with Crippen LogP contribution in [-0.2, 0) is 14.3 Å². The first-order valence-corrected chi connectivity index (χ1v) is 6.87. The van der Waals surface area contributed by atoms with E-state index >= 15 is 0 Å². The van der Waals surface area contributed by atoms with Gasteiger partial charge in [-0.3, -0.25) is 9.59 Å². The van der Waals surface area contributed by atoms with Gasteiger partial charge in [0.05, 0.1) is 16.5 Å². The number of aromatic hydroxyl groups is 1. The quantitative estimate of drug-likeness (QED) is 0.113. The van der Waals surface area contributed by atoms with Crippen molar-refractivity contribution < 1.29 is 29.3 Å². The number of rotatable bonds is 7. The molecule has 0 saturated heterocycles. The molecule has 0 spiro atoms. The summed E-state index contributed by atoms with van der Waals surface area (Å²) >= 11 is 3.92. The third-order valence-corrected chi connectivity index (χ3v) is 3.64. The van der Waals surface area contributed by atoms with E-state index in [0.717, 1.165) is 6.07 Å². The molecule has 23 heavy (non-hydrogen) atoms. The van der Waals surface area contributed by atoms with Crippen molar-refractivity contribution in [2.24, 2.45) is 17.4 Å². The molecule has 2 unspecified atom stereocenters. The van der Waals surface area contributed by atoms with E-state index in [1.165, 1.54) is 12.1 Å². The van der Waals surface area contributed by atoms with Crippen molar-refractivity contribution >= 4 is 36.1 Å². The second-order valence-electron chi connectivity index (χ2n) is 4.71. The fourth-order valence-corrected chi connectivity index (χ4v) is 2.09. The first-order chi connectivity index (χ1) is 10.6. The Morgan fingerprint density at radius 3 is 2.26 bits per heavy atom. The Labute approximate surface area is 136 Å². The van der Waals surface area contributed by atoms with Gasteiger partial charge < -0.3 is 32.2 Å². The number of esters is 1. The van der Waals surface area contributed by atoms with Gasteiger partial charge in [0.2, 0.25) is 11.8 Å². The number of amides is 2. The predicted octanol–water partition coefficient (Wildman–Crippen LogP) is -1.62. The first-order valence-electron chi connectivity index (χ1n) is 6.35. The van der Waals surface area contributed by atoms with Crippen LogP contribution >= 0.6 is 12.6 Å². The summed E-state index contributed by atoms with van der Waals surface area (Å²) in [4.78, 5) is 34.0. The summed E-state index contributed by atoms with van der Waals surface area (Å²) in [7, 11) is 0. The maximum atomic E-state index is 11.8. The number of aliphatic hydroxyl groups excluding tert-OH is 1. The van der Waals surface area contributed by atoms with E-state index < -0.39 is 41.7 Å². The number of carbonyl (C=O) groups excluding carboxylic acids is 3.